The number of para-hydroxylation sites is 1. The molecule has 1 aromatic carbocycles. The van der Waals surface area contributed by atoms with Crippen LogP contribution < -0.4 is 10.2 Å². The Hall–Kier alpha value is -2.11. The standard InChI is InChI=1S/C17H23FN2O3/c1-17(2,3)23-16(22)19-13-7-9-20(10-8-13)15-12(11-21)5-4-6-14(15)18/h4-6,11,13H,7-10H2,1-3H3,(H,19,22). The highest BCUT2D eigenvalue weighted by Gasteiger charge is 2.25. The Kier molecular flexibility index (Phi) is 5.23. The molecular formula is C17H23FN2O3. The Bertz CT molecular complexity index is 576. The third kappa shape index (κ3) is 4.68. The number of hydrogen-bond donors (Lipinski definition) is 1. The molecule has 1 aliphatic heterocycles. The fourth-order valence-electron chi connectivity index (χ4n) is 2.68. The van der Waals surface area contributed by atoms with E-state index in [0.717, 1.165) is 0 Å². The molecule has 0 unspecified atom stereocenters. The van der Waals surface area contributed by atoms with Crippen molar-refractivity contribution < 1.29 is 18.7 Å². The van der Waals surface area contributed by atoms with Gasteiger partial charge in [-0.3, -0.25) is 4.79 Å². The summed E-state index contributed by atoms with van der Waals surface area (Å²) in [4.78, 5) is 24.7. The number of nitrogens with zero attached hydrogens (tertiary/aromatic N) is 1. The van der Waals surface area contributed by atoms with Gasteiger partial charge in [0, 0.05) is 24.7 Å². The predicted octanol–water partition coefficient (Wildman–Crippen LogP) is 3.13. The number of nitrogens with one attached hydrogen (secondary N) is 1. The molecule has 2 rings (SSSR count). The molecular weight excluding hydrogens is 299 g/mol. The molecule has 1 aromatic rings. The van der Waals surface area contributed by atoms with E-state index < -0.39 is 17.5 Å². The smallest absolute Gasteiger partial charge is 0.407 e. The maximum atomic E-state index is 14.0. The first-order chi connectivity index (χ1) is 10.8. The van der Waals surface area contributed by atoms with Crippen LogP contribution in [0, 0.1) is 5.82 Å². The molecule has 126 valence electrons. The van der Waals surface area contributed by atoms with Crippen molar-refractivity contribution in [3.8, 4) is 0 Å². The van der Waals surface area contributed by atoms with Gasteiger partial charge in [-0.25, -0.2) is 9.18 Å². The molecule has 1 saturated heterocycles. The number of halogens is 1. The van der Waals surface area contributed by atoms with Gasteiger partial charge in [0.05, 0.1) is 5.69 Å². The second kappa shape index (κ2) is 6.98. The van der Waals surface area contributed by atoms with Crippen molar-refractivity contribution in [2.75, 3.05) is 18.0 Å². The Morgan fingerprint density at radius 2 is 2.00 bits per heavy atom. The largest absolute Gasteiger partial charge is 0.444 e. The number of ether oxygens (including phenoxy) is 1. The van der Waals surface area contributed by atoms with Crippen LogP contribution in [0.3, 0.4) is 0 Å². The van der Waals surface area contributed by atoms with Crippen molar-refractivity contribution in [2.24, 2.45) is 0 Å². The van der Waals surface area contributed by atoms with E-state index in [9.17, 15) is 14.0 Å². The van der Waals surface area contributed by atoms with Gasteiger partial charge in [-0.05, 0) is 45.7 Å². The number of amides is 1. The second-order valence-corrected chi connectivity index (χ2v) is 6.70. The van der Waals surface area contributed by atoms with Crippen molar-refractivity contribution in [2.45, 2.75) is 45.3 Å². The van der Waals surface area contributed by atoms with Gasteiger partial charge in [0.2, 0.25) is 0 Å². The van der Waals surface area contributed by atoms with Crippen LogP contribution >= 0.6 is 0 Å². The van der Waals surface area contributed by atoms with Crippen LogP contribution in [0.25, 0.3) is 0 Å². The number of alkyl carbamates (subject to hydrolysis) is 1. The molecule has 6 heteroatoms. The Morgan fingerprint density at radius 3 is 2.57 bits per heavy atom. The van der Waals surface area contributed by atoms with Gasteiger partial charge >= 0.3 is 6.09 Å². The summed E-state index contributed by atoms with van der Waals surface area (Å²) in [5.41, 5.74) is 0.165. The molecule has 0 bridgehead atoms. The third-order valence-electron chi connectivity index (χ3n) is 3.68. The highest BCUT2D eigenvalue weighted by molar-refractivity contribution is 5.84. The molecule has 0 spiro atoms. The number of rotatable bonds is 3. The summed E-state index contributed by atoms with van der Waals surface area (Å²) < 4.78 is 19.3. The van der Waals surface area contributed by atoms with Crippen LogP contribution in [0.1, 0.15) is 44.0 Å². The number of benzene rings is 1. The lowest BCUT2D eigenvalue weighted by molar-refractivity contribution is 0.0497. The van der Waals surface area contributed by atoms with Crippen LogP contribution in [0.4, 0.5) is 14.9 Å². The number of hydrogen-bond acceptors (Lipinski definition) is 4. The van der Waals surface area contributed by atoms with E-state index in [4.69, 9.17) is 4.74 Å². The topological polar surface area (TPSA) is 58.6 Å². The first-order valence-electron chi connectivity index (χ1n) is 7.78. The van der Waals surface area contributed by atoms with Gasteiger partial charge in [0.15, 0.2) is 6.29 Å². The van der Waals surface area contributed by atoms with Gasteiger partial charge in [-0.15, -0.1) is 0 Å². The van der Waals surface area contributed by atoms with Gasteiger partial charge in [0.1, 0.15) is 11.4 Å². The van der Waals surface area contributed by atoms with Crippen molar-refractivity contribution in [3.05, 3.63) is 29.6 Å². The molecule has 1 amide bonds. The molecule has 0 aromatic heterocycles. The molecule has 23 heavy (non-hydrogen) atoms. The average Bonchev–Trinajstić information content (AvgIpc) is 2.46. The van der Waals surface area contributed by atoms with Gasteiger partial charge in [0.25, 0.3) is 0 Å². The highest BCUT2D eigenvalue weighted by atomic mass is 19.1. The number of carbonyl (C=O) groups excluding carboxylic acids is 2. The lowest BCUT2D eigenvalue weighted by Crippen LogP contribution is -2.46. The maximum Gasteiger partial charge on any atom is 0.407 e. The van der Waals surface area contributed by atoms with E-state index in [1.54, 1.807) is 6.07 Å². The summed E-state index contributed by atoms with van der Waals surface area (Å²) in [6, 6.07) is 4.48. The van der Waals surface area contributed by atoms with E-state index in [-0.39, 0.29) is 6.04 Å². The quantitative estimate of drug-likeness (QED) is 0.869. The third-order valence-corrected chi connectivity index (χ3v) is 3.68. The minimum absolute atomic E-state index is 0.00689. The molecule has 1 fully saturated rings. The summed E-state index contributed by atoms with van der Waals surface area (Å²) in [6.45, 7) is 6.58. The fourth-order valence-corrected chi connectivity index (χ4v) is 2.68. The molecule has 0 atom stereocenters. The molecule has 0 aliphatic carbocycles. The first kappa shape index (κ1) is 17.2. The normalized spacial score (nSPS) is 16.1. The second-order valence-electron chi connectivity index (χ2n) is 6.70. The fraction of sp³-hybridized carbons (Fsp3) is 0.529. The number of anilines is 1. The van der Waals surface area contributed by atoms with Gasteiger partial charge < -0.3 is 15.0 Å². The SMILES string of the molecule is CC(C)(C)OC(=O)NC1CCN(c2c(F)cccc2C=O)CC1. The van der Waals surface area contributed by atoms with Gasteiger partial charge in [-0.2, -0.15) is 0 Å². The highest BCUT2D eigenvalue weighted by Crippen LogP contribution is 2.26. The average molecular weight is 322 g/mol. The zero-order valence-corrected chi connectivity index (χ0v) is 13.8. The van der Waals surface area contributed by atoms with Crippen LogP contribution in [0.2, 0.25) is 0 Å². The number of carbonyl (C=O) groups is 2. The van der Waals surface area contributed by atoms with Crippen molar-refractivity contribution in [1.82, 2.24) is 5.32 Å². The molecule has 1 N–H and O–H groups in total. The van der Waals surface area contributed by atoms with E-state index in [0.29, 0.717) is 43.5 Å². The van der Waals surface area contributed by atoms with Crippen LogP contribution in [0.5, 0.6) is 0 Å². The van der Waals surface area contributed by atoms with Crippen molar-refractivity contribution >= 4 is 18.1 Å². The monoisotopic (exact) mass is 322 g/mol. The molecule has 1 heterocycles. The Labute approximate surface area is 135 Å². The van der Waals surface area contributed by atoms with E-state index in [1.165, 1.54) is 12.1 Å². The molecule has 0 saturated carbocycles. The van der Waals surface area contributed by atoms with E-state index in [2.05, 4.69) is 5.32 Å². The summed E-state index contributed by atoms with van der Waals surface area (Å²) in [5.74, 6) is -0.395. The minimum Gasteiger partial charge on any atom is -0.444 e. The zero-order chi connectivity index (χ0) is 17.0. The summed E-state index contributed by atoms with van der Waals surface area (Å²) in [5, 5.41) is 2.84. The van der Waals surface area contributed by atoms with Crippen molar-refractivity contribution in [1.29, 1.82) is 0 Å². The van der Waals surface area contributed by atoms with Crippen LogP contribution in [0.15, 0.2) is 18.2 Å². The maximum absolute atomic E-state index is 14.0. The number of aldehydes is 1. The lowest BCUT2D eigenvalue weighted by atomic mass is 10.0. The predicted molar refractivity (Wildman–Crippen MR) is 86.4 cm³/mol. The van der Waals surface area contributed by atoms with E-state index in [1.807, 2.05) is 25.7 Å². The summed E-state index contributed by atoms with van der Waals surface area (Å²) in [6.07, 6.45) is 1.58. The molecule has 5 nitrogen and oxygen atoms in total. The number of piperidine rings is 1. The molecule has 0 radical (unpaired) electrons. The Balaban J connectivity index is 1.94. The summed E-state index contributed by atoms with van der Waals surface area (Å²) in [7, 11) is 0. The van der Waals surface area contributed by atoms with Crippen molar-refractivity contribution in [3.63, 3.8) is 0 Å². The molecule has 1 aliphatic rings. The zero-order valence-electron chi connectivity index (χ0n) is 13.8. The van der Waals surface area contributed by atoms with Crippen LogP contribution in [-0.2, 0) is 4.74 Å². The van der Waals surface area contributed by atoms with E-state index >= 15 is 0 Å². The van der Waals surface area contributed by atoms with Crippen LogP contribution in [-0.4, -0.2) is 37.1 Å². The first-order valence-corrected chi connectivity index (χ1v) is 7.78. The summed E-state index contributed by atoms with van der Waals surface area (Å²) >= 11 is 0. The minimum atomic E-state index is -0.531. The Morgan fingerprint density at radius 1 is 1.35 bits per heavy atom. The van der Waals surface area contributed by atoms with Gasteiger partial charge in [-0.1, -0.05) is 6.07 Å². The lowest BCUT2D eigenvalue weighted by Gasteiger charge is -2.35.